The Balaban J connectivity index is 2.91. The molecule has 0 heterocycles. The Morgan fingerprint density at radius 3 is 2.53 bits per heavy atom. The van der Waals surface area contributed by atoms with E-state index < -0.39 is 6.10 Å². The fraction of sp³-hybridized carbons (Fsp3) is 0.538. The Morgan fingerprint density at radius 1 is 1.41 bits per heavy atom. The third kappa shape index (κ3) is 3.61. The van der Waals surface area contributed by atoms with Crippen LogP contribution in [-0.4, -0.2) is 30.2 Å². The maximum absolute atomic E-state index is 13.9. The number of halogens is 1. The molecule has 0 spiro atoms. The van der Waals surface area contributed by atoms with E-state index in [1.54, 1.807) is 30.8 Å². The van der Waals surface area contributed by atoms with Crippen LogP contribution in [0.1, 0.15) is 25.5 Å². The molecule has 4 heteroatoms. The molecule has 1 N–H and O–H groups in total. The van der Waals surface area contributed by atoms with Gasteiger partial charge in [-0.2, -0.15) is 11.8 Å². The van der Waals surface area contributed by atoms with Crippen molar-refractivity contribution in [3.8, 4) is 0 Å². The van der Waals surface area contributed by atoms with Crippen LogP contribution in [0.4, 0.5) is 10.1 Å². The van der Waals surface area contributed by atoms with Gasteiger partial charge in [0.2, 0.25) is 0 Å². The molecule has 0 amide bonds. The summed E-state index contributed by atoms with van der Waals surface area (Å²) in [5.74, 6) is 0.674. The van der Waals surface area contributed by atoms with Crippen LogP contribution in [0.2, 0.25) is 0 Å². The van der Waals surface area contributed by atoms with E-state index in [4.69, 9.17) is 0 Å². The minimum Gasteiger partial charge on any atom is -0.389 e. The Morgan fingerprint density at radius 2 is 2.06 bits per heavy atom. The first-order chi connectivity index (χ1) is 7.97. The number of aliphatic hydroxyl groups is 1. The molecule has 96 valence electrons. The molecule has 2 atom stereocenters. The second-order valence-electron chi connectivity index (χ2n) is 4.30. The van der Waals surface area contributed by atoms with Crippen molar-refractivity contribution in [2.24, 2.45) is 0 Å². The summed E-state index contributed by atoms with van der Waals surface area (Å²) < 4.78 is 13.9. The van der Waals surface area contributed by atoms with Crippen LogP contribution >= 0.6 is 11.8 Å². The maximum Gasteiger partial charge on any atom is 0.146 e. The summed E-state index contributed by atoms with van der Waals surface area (Å²) in [4.78, 5) is 1.93. The van der Waals surface area contributed by atoms with Gasteiger partial charge >= 0.3 is 0 Å². The van der Waals surface area contributed by atoms with E-state index in [2.05, 4.69) is 6.92 Å². The van der Waals surface area contributed by atoms with Gasteiger partial charge in [0.15, 0.2) is 0 Å². The molecule has 0 aliphatic rings. The van der Waals surface area contributed by atoms with Gasteiger partial charge in [0.05, 0.1) is 11.8 Å². The molecule has 1 aromatic rings. The van der Waals surface area contributed by atoms with E-state index in [1.165, 1.54) is 6.07 Å². The number of nitrogens with zero attached hydrogens (tertiary/aromatic N) is 1. The normalized spacial score (nSPS) is 14.5. The minimum absolute atomic E-state index is 0.275. The Hall–Kier alpha value is -0.740. The molecule has 0 aromatic heterocycles. The maximum atomic E-state index is 13.9. The molecule has 0 bridgehead atoms. The van der Waals surface area contributed by atoms with Gasteiger partial charge in [0.1, 0.15) is 5.82 Å². The first kappa shape index (κ1) is 14.3. The van der Waals surface area contributed by atoms with Gasteiger partial charge in [-0.1, -0.05) is 6.07 Å². The van der Waals surface area contributed by atoms with E-state index in [9.17, 15) is 9.50 Å². The predicted molar refractivity (Wildman–Crippen MR) is 73.3 cm³/mol. The number of hydrogen-bond donors (Lipinski definition) is 1. The summed E-state index contributed by atoms with van der Waals surface area (Å²) in [6.45, 7) is 3.70. The standard InChI is InChI=1S/C13H20FNOS/c1-9(8-17-4)15(3)13-6-5-11(10(2)16)7-12(13)14/h5-7,9-10,16H,8H2,1-4H3/t9?,10-/m1/s1. The van der Waals surface area contributed by atoms with Crippen molar-refractivity contribution in [2.45, 2.75) is 26.0 Å². The molecule has 1 rings (SSSR count). The van der Waals surface area contributed by atoms with Gasteiger partial charge in [0.25, 0.3) is 0 Å². The molecule has 1 unspecified atom stereocenters. The van der Waals surface area contributed by atoms with Crippen molar-refractivity contribution in [1.29, 1.82) is 0 Å². The lowest BCUT2D eigenvalue weighted by molar-refractivity contribution is 0.199. The lowest BCUT2D eigenvalue weighted by atomic mass is 10.1. The van der Waals surface area contributed by atoms with Crippen LogP contribution < -0.4 is 4.90 Å². The quantitative estimate of drug-likeness (QED) is 0.877. The van der Waals surface area contributed by atoms with Gasteiger partial charge in [-0.3, -0.25) is 0 Å². The van der Waals surface area contributed by atoms with Gasteiger partial charge in [-0.05, 0) is 37.8 Å². The van der Waals surface area contributed by atoms with Crippen molar-refractivity contribution >= 4 is 17.4 Å². The highest BCUT2D eigenvalue weighted by molar-refractivity contribution is 7.98. The number of thioether (sulfide) groups is 1. The fourth-order valence-corrected chi connectivity index (χ4v) is 2.37. The van der Waals surface area contributed by atoms with Crippen LogP contribution in [-0.2, 0) is 0 Å². The third-order valence-corrected chi connectivity index (χ3v) is 3.72. The monoisotopic (exact) mass is 257 g/mol. The zero-order valence-electron chi connectivity index (χ0n) is 10.8. The van der Waals surface area contributed by atoms with Crippen molar-refractivity contribution in [3.05, 3.63) is 29.6 Å². The molecule has 0 fully saturated rings. The minimum atomic E-state index is -0.632. The van der Waals surface area contributed by atoms with Crippen LogP contribution in [0.15, 0.2) is 18.2 Å². The number of hydrogen-bond acceptors (Lipinski definition) is 3. The Labute approximate surface area is 107 Å². The SMILES string of the molecule is CSCC(C)N(C)c1ccc([C@@H](C)O)cc1F. The lowest BCUT2D eigenvalue weighted by Gasteiger charge is -2.27. The lowest BCUT2D eigenvalue weighted by Crippen LogP contribution is -2.31. The number of rotatable bonds is 5. The van der Waals surface area contributed by atoms with Crippen LogP contribution in [0.25, 0.3) is 0 Å². The van der Waals surface area contributed by atoms with Gasteiger partial charge < -0.3 is 10.0 Å². The first-order valence-corrected chi connectivity index (χ1v) is 7.06. The van der Waals surface area contributed by atoms with E-state index in [1.807, 2.05) is 18.2 Å². The molecule has 1 aromatic carbocycles. The predicted octanol–water partition coefficient (Wildman–Crippen LogP) is 3.07. The molecule has 0 aliphatic carbocycles. The average Bonchev–Trinajstić information content (AvgIpc) is 2.28. The zero-order chi connectivity index (χ0) is 13.0. The van der Waals surface area contributed by atoms with Crippen LogP contribution in [0.3, 0.4) is 0 Å². The van der Waals surface area contributed by atoms with Crippen molar-refractivity contribution in [1.82, 2.24) is 0 Å². The topological polar surface area (TPSA) is 23.5 Å². The van der Waals surface area contributed by atoms with E-state index in [0.29, 0.717) is 11.3 Å². The Kier molecular flexibility index (Phi) is 5.28. The van der Waals surface area contributed by atoms with Crippen molar-refractivity contribution in [2.75, 3.05) is 24.0 Å². The largest absolute Gasteiger partial charge is 0.389 e. The first-order valence-electron chi connectivity index (χ1n) is 5.66. The van der Waals surface area contributed by atoms with E-state index in [0.717, 1.165) is 5.75 Å². The summed E-state index contributed by atoms with van der Waals surface area (Å²) in [5, 5.41) is 9.39. The molecule has 0 saturated heterocycles. The summed E-state index contributed by atoms with van der Waals surface area (Å²) in [6.07, 6.45) is 1.41. The summed E-state index contributed by atoms with van der Waals surface area (Å²) in [5.41, 5.74) is 1.19. The second-order valence-corrected chi connectivity index (χ2v) is 5.21. The van der Waals surface area contributed by atoms with Gasteiger partial charge in [-0.15, -0.1) is 0 Å². The molecule has 0 aliphatic heterocycles. The van der Waals surface area contributed by atoms with Crippen molar-refractivity contribution in [3.63, 3.8) is 0 Å². The zero-order valence-corrected chi connectivity index (χ0v) is 11.6. The third-order valence-electron chi connectivity index (χ3n) is 2.90. The smallest absolute Gasteiger partial charge is 0.146 e. The van der Waals surface area contributed by atoms with Gasteiger partial charge in [-0.25, -0.2) is 4.39 Å². The highest BCUT2D eigenvalue weighted by atomic mass is 32.2. The van der Waals surface area contributed by atoms with Crippen LogP contribution in [0, 0.1) is 5.82 Å². The van der Waals surface area contributed by atoms with Crippen LogP contribution in [0.5, 0.6) is 0 Å². The molecule has 2 nitrogen and oxygen atoms in total. The second kappa shape index (κ2) is 6.26. The number of benzene rings is 1. The number of aliphatic hydroxyl groups excluding tert-OH is 1. The highest BCUT2D eigenvalue weighted by Crippen LogP contribution is 2.24. The molecule has 0 radical (unpaired) electrons. The summed E-state index contributed by atoms with van der Waals surface area (Å²) in [6, 6.07) is 5.18. The molecule has 17 heavy (non-hydrogen) atoms. The summed E-state index contributed by atoms with van der Waals surface area (Å²) >= 11 is 1.74. The highest BCUT2D eigenvalue weighted by Gasteiger charge is 2.14. The van der Waals surface area contributed by atoms with Crippen molar-refractivity contribution < 1.29 is 9.50 Å². The fourth-order valence-electron chi connectivity index (χ4n) is 1.66. The molecular formula is C13H20FNOS. The van der Waals surface area contributed by atoms with E-state index >= 15 is 0 Å². The molecule has 0 saturated carbocycles. The number of anilines is 1. The summed E-state index contributed by atoms with van der Waals surface area (Å²) in [7, 11) is 1.89. The average molecular weight is 257 g/mol. The van der Waals surface area contributed by atoms with Gasteiger partial charge in [0, 0.05) is 18.8 Å². The van der Waals surface area contributed by atoms with E-state index in [-0.39, 0.29) is 11.9 Å². The molecular weight excluding hydrogens is 237 g/mol. The Bertz CT molecular complexity index is 370.